The summed E-state index contributed by atoms with van der Waals surface area (Å²) in [5.74, 6) is 0.278. The molecule has 0 aliphatic rings. The number of rotatable bonds is 4. The van der Waals surface area contributed by atoms with Crippen LogP contribution >= 0.6 is 11.6 Å². The maximum absolute atomic E-state index is 11.0. The van der Waals surface area contributed by atoms with Crippen molar-refractivity contribution in [2.45, 2.75) is 19.3 Å². The van der Waals surface area contributed by atoms with Gasteiger partial charge in [0.15, 0.2) is 0 Å². The molecule has 0 aromatic heterocycles. The number of Topliss-reactive ketones (excluding diaryl/α,β-unsaturated/α-hetero) is 1. The van der Waals surface area contributed by atoms with Gasteiger partial charge in [-0.1, -0.05) is 23.7 Å². The number of ketones is 1. The average molecular weight is 212 g/mol. The minimum absolute atomic E-state index is 0.116. The van der Waals surface area contributed by atoms with Gasteiger partial charge in [-0.05, 0) is 31.2 Å². The van der Waals surface area contributed by atoms with Crippen molar-refractivity contribution in [3.63, 3.8) is 0 Å². The van der Waals surface area contributed by atoms with Crippen molar-refractivity contribution in [1.29, 1.82) is 0 Å². The van der Waals surface area contributed by atoms with E-state index in [0.29, 0.717) is 18.0 Å². The third-order valence-electron chi connectivity index (χ3n) is 2.16. The number of benzene rings is 1. The summed E-state index contributed by atoms with van der Waals surface area (Å²) in [4.78, 5) is 11.0. The van der Waals surface area contributed by atoms with Crippen molar-refractivity contribution in [2.75, 3.05) is 6.54 Å². The van der Waals surface area contributed by atoms with Crippen molar-refractivity contribution in [2.24, 2.45) is 5.73 Å². The van der Waals surface area contributed by atoms with Gasteiger partial charge in [-0.2, -0.15) is 0 Å². The van der Waals surface area contributed by atoms with Crippen LogP contribution in [0.2, 0.25) is 5.02 Å². The Bertz CT molecular complexity index is 308. The third-order valence-corrected chi connectivity index (χ3v) is 2.41. The molecule has 0 heterocycles. The molecule has 0 radical (unpaired) electrons. The van der Waals surface area contributed by atoms with Gasteiger partial charge in [-0.15, -0.1) is 0 Å². The first-order chi connectivity index (χ1) is 6.63. The van der Waals surface area contributed by atoms with Gasteiger partial charge < -0.3 is 10.5 Å². The van der Waals surface area contributed by atoms with Crippen LogP contribution in [-0.4, -0.2) is 12.3 Å². The second-order valence-electron chi connectivity index (χ2n) is 3.39. The molecule has 0 aliphatic heterocycles. The second-order valence-corrected chi connectivity index (χ2v) is 3.83. The Morgan fingerprint density at radius 3 is 2.43 bits per heavy atom. The lowest BCUT2D eigenvalue weighted by Crippen LogP contribution is -2.15. The summed E-state index contributed by atoms with van der Waals surface area (Å²) in [6.45, 7) is 2.07. The Balaban J connectivity index is 2.78. The topological polar surface area (TPSA) is 43.1 Å². The van der Waals surface area contributed by atoms with Crippen LogP contribution in [0, 0.1) is 0 Å². The third kappa shape index (κ3) is 3.13. The lowest BCUT2D eigenvalue weighted by Gasteiger charge is -2.13. The minimum atomic E-state index is 0.116. The first kappa shape index (κ1) is 11.2. The fraction of sp³-hybridized carbons (Fsp3) is 0.364. The van der Waals surface area contributed by atoms with Crippen LogP contribution in [0.1, 0.15) is 24.8 Å². The van der Waals surface area contributed by atoms with Gasteiger partial charge in [0.2, 0.25) is 0 Å². The van der Waals surface area contributed by atoms with Crippen molar-refractivity contribution in [3.8, 4) is 0 Å². The number of hydrogen-bond acceptors (Lipinski definition) is 2. The van der Waals surface area contributed by atoms with E-state index < -0.39 is 0 Å². The summed E-state index contributed by atoms with van der Waals surface area (Å²) in [6, 6.07) is 7.48. The molecular formula is C11H14ClNO. The van der Waals surface area contributed by atoms with Crippen LogP contribution in [0.15, 0.2) is 24.3 Å². The Kier molecular flexibility index (Phi) is 4.11. The van der Waals surface area contributed by atoms with Crippen LogP contribution in [0.3, 0.4) is 0 Å². The smallest absolute Gasteiger partial charge is 0.130 e. The number of carbonyl (C=O) groups excluding carboxylic acids is 1. The van der Waals surface area contributed by atoms with Gasteiger partial charge in [-0.3, -0.25) is 0 Å². The molecule has 0 aliphatic carbocycles. The van der Waals surface area contributed by atoms with E-state index >= 15 is 0 Å². The van der Waals surface area contributed by atoms with Crippen LogP contribution in [-0.2, 0) is 4.79 Å². The van der Waals surface area contributed by atoms with Gasteiger partial charge in [0.1, 0.15) is 5.78 Å². The van der Waals surface area contributed by atoms with Crippen molar-refractivity contribution >= 4 is 17.4 Å². The molecule has 1 atom stereocenters. The van der Waals surface area contributed by atoms with Crippen LogP contribution < -0.4 is 5.73 Å². The second kappa shape index (κ2) is 5.13. The summed E-state index contributed by atoms with van der Waals surface area (Å²) >= 11 is 5.77. The Labute approximate surface area is 89.1 Å². The van der Waals surface area contributed by atoms with E-state index in [1.807, 2.05) is 24.3 Å². The summed E-state index contributed by atoms with van der Waals surface area (Å²) in [7, 11) is 0. The van der Waals surface area contributed by atoms with E-state index in [9.17, 15) is 4.79 Å². The fourth-order valence-electron chi connectivity index (χ4n) is 1.42. The highest BCUT2D eigenvalue weighted by Gasteiger charge is 2.11. The van der Waals surface area contributed by atoms with Crippen LogP contribution in [0.4, 0.5) is 0 Å². The number of carbonyl (C=O) groups is 1. The first-order valence-electron chi connectivity index (χ1n) is 4.58. The number of nitrogens with two attached hydrogens (primary N) is 1. The fourth-order valence-corrected chi connectivity index (χ4v) is 1.55. The van der Waals surface area contributed by atoms with E-state index in [1.165, 1.54) is 0 Å². The molecular weight excluding hydrogens is 198 g/mol. The quantitative estimate of drug-likeness (QED) is 0.831. The maximum Gasteiger partial charge on any atom is 0.130 e. The maximum atomic E-state index is 11.0. The van der Waals surface area contributed by atoms with E-state index in [-0.39, 0.29) is 11.7 Å². The zero-order chi connectivity index (χ0) is 10.6. The zero-order valence-electron chi connectivity index (χ0n) is 8.16. The summed E-state index contributed by atoms with van der Waals surface area (Å²) in [6.07, 6.45) is 0.498. The molecule has 3 heteroatoms. The number of halogens is 1. The molecule has 1 aromatic carbocycles. The highest BCUT2D eigenvalue weighted by atomic mass is 35.5. The van der Waals surface area contributed by atoms with E-state index in [1.54, 1.807) is 6.92 Å². The average Bonchev–Trinajstić information content (AvgIpc) is 2.15. The van der Waals surface area contributed by atoms with E-state index in [4.69, 9.17) is 17.3 Å². The Hall–Kier alpha value is -0.860. The lowest BCUT2D eigenvalue weighted by molar-refractivity contribution is -0.117. The van der Waals surface area contributed by atoms with Crippen molar-refractivity contribution in [1.82, 2.24) is 0 Å². The molecule has 0 spiro atoms. The predicted molar refractivity (Wildman–Crippen MR) is 58.5 cm³/mol. The molecule has 14 heavy (non-hydrogen) atoms. The lowest BCUT2D eigenvalue weighted by atomic mass is 9.94. The molecule has 76 valence electrons. The zero-order valence-corrected chi connectivity index (χ0v) is 8.92. The van der Waals surface area contributed by atoms with Gasteiger partial charge in [0, 0.05) is 17.4 Å². The van der Waals surface area contributed by atoms with Crippen LogP contribution in [0.5, 0.6) is 0 Å². The van der Waals surface area contributed by atoms with E-state index in [0.717, 1.165) is 5.56 Å². The normalized spacial score (nSPS) is 12.5. The Morgan fingerprint density at radius 2 is 2.00 bits per heavy atom. The van der Waals surface area contributed by atoms with Gasteiger partial charge in [-0.25, -0.2) is 0 Å². The SMILES string of the molecule is CC(=O)C[C@H](CN)c1ccc(Cl)cc1. The molecule has 0 unspecified atom stereocenters. The Morgan fingerprint density at radius 1 is 1.43 bits per heavy atom. The highest BCUT2D eigenvalue weighted by Crippen LogP contribution is 2.20. The molecule has 2 N–H and O–H groups in total. The minimum Gasteiger partial charge on any atom is -0.330 e. The van der Waals surface area contributed by atoms with Crippen molar-refractivity contribution < 1.29 is 4.79 Å². The van der Waals surface area contributed by atoms with Crippen molar-refractivity contribution in [3.05, 3.63) is 34.9 Å². The summed E-state index contributed by atoms with van der Waals surface area (Å²) in [5, 5.41) is 0.701. The summed E-state index contributed by atoms with van der Waals surface area (Å²) in [5.41, 5.74) is 6.68. The first-order valence-corrected chi connectivity index (χ1v) is 4.96. The molecule has 0 bridgehead atoms. The standard InChI is InChI=1S/C11H14ClNO/c1-8(14)6-10(7-13)9-2-4-11(12)5-3-9/h2-5,10H,6-7,13H2,1H3/t10-/m1/s1. The largest absolute Gasteiger partial charge is 0.330 e. The molecule has 0 fully saturated rings. The highest BCUT2D eigenvalue weighted by molar-refractivity contribution is 6.30. The summed E-state index contributed by atoms with van der Waals surface area (Å²) < 4.78 is 0. The predicted octanol–water partition coefficient (Wildman–Crippen LogP) is 2.36. The molecule has 2 nitrogen and oxygen atoms in total. The number of hydrogen-bond donors (Lipinski definition) is 1. The molecule has 1 rings (SSSR count). The van der Waals surface area contributed by atoms with Crippen LogP contribution in [0.25, 0.3) is 0 Å². The van der Waals surface area contributed by atoms with Gasteiger partial charge in [0.25, 0.3) is 0 Å². The van der Waals surface area contributed by atoms with Gasteiger partial charge >= 0.3 is 0 Å². The molecule has 0 saturated carbocycles. The molecule has 0 amide bonds. The monoisotopic (exact) mass is 211 g/mol. The van der Waals surface area contributed by atoms with E-state index in [2.05, 4.69) is 0 Å². The molecule has 1 aromatic rings. The molecule has 0 saturated heterocycles. The van der Waals surface area contributed by atoms with Gasteiger partial charge in [0.05, 0.1) is 0 Å².